The van der Waals surface area contributed by atoms with Crippen LogP contribution in [0.25, 0.3) is 0 Å². The monoisotopic (exact) mass is 216 g/mol. The second kappa shape index (κ2) is 8.68. The summed E-state index contributed by atoms with van der Waals surface area (Å²) in [6.07, 6.45) is 0. The van der Waals surface area contributed by atoms with Gasteiger partial charge in [0.05, 0.1) is 5.71 Å². The van der Waals surface area contributed by atoms with E-state index in [4.69, 9.17) is 9.94 Å². The molecule has 2 N–H and O–H groups in total. The average Bonchev–Trinajstić information content (AvgIpc) is 2.22. The Balaban J connectivity index is 3.36. The highest BCUT2D eigenvalue weighted by Gasteiger charge is 1.99. The summed E-state index contributed by atoms with van der Waals surface area (Å²) in [5.74, 6) is 0.735. The maximum absolute atomic E-state index is 8.78. The predicted molar refractivity (Wildman–Crippen MR) is 63.0 cm³/mol. The van der Waals surface area contributed by atoms with E-state index in [1.165, 1.54) is 0 Å². The molecule has 0 aliphatic carbocycles. The first-order chi connectivity index (χ1) is 7.07. The predicted octanol–water partition coefficient (Wildman–Crippen LogP) is 1.25. The molecule has 0 unspecified atom stereocenters. The molecule has 0 rings (SSSR count). The van der Waals surface area contributed by atoms with Crippen LogP contribution in [0.1, 0.15) is 27.7 Å². The van der Waals surface area contributed by atoms with Gasteiger partial charge in [0, 0.05) is 19.7 Å². The summed E-state index contributed by atoms with van der Waals surface area (Å²) in [5, 5.41) is 16.0. The molecule has 1 atom stereocenters. The Morgan fingerprint density at radius 1 is 1.40 bits per heavy atom. The van der Waals surface area contributed by atoms with Gasteiger partial charge in [-0.05, 0) is 18.8 Å². The van der Waals surface area contributed by atoms with Crippen LogP contribution < -0.4 is 5.32 Å². The fourth-order valence-corrected chi connectivity index (χ4v) is 0.784. The molecule has 0 radical (unpaired) electrons. The van der Waals surface area contributed by atoms with Gasteiger partial charge in [-0.25, -0.2) is 0 Å². The van der Waals surface area contributed by atoms with Crippen molar-refractivity contribution in [2.75, 3.05) is 26.3 Å². The van der Waals surface area contributed by atoms with E-state index < -0.39 is 0 Å². The maximum Gasteiger partial charge on any atom is 0.129 e. The van der Waals surface area contributed by atoms with Gasteiger partial charge in [0.2, 0.25) is 0 Å². The lowest BCUT2D eigenvalue weighted by molar-refractivity contribution is 0.142. The van der Waals surface area contributed by atoms with E-state index in [1.54, 1.807) is 0 Å². The first-order valence-electron chi connectivity index (χ1n) is 5.56. The number of hydrogen-bond donors (Lipinski definition) is 2. The van der Waals surface area contributed by atoms with Gasteiger partial charge in [-0.2, -0.15) is 0 Å². The Labute approximate surface area is 92.7 Å². The third-order valence-corrected chi connectivity index (χ3v) is 2.22. The Hall–Kier alpha value is -0.610. The van der Waals surface area contributed by atoms with Gasteiger partial charge in [-0.15, -0.1) is 0 Å². The number of aliphatic hydroxyl groups is 1. The molecule has 0 heterocycles. The summed E-state index contributed by atoms with van der Waals surface area (Å²) in [7, 11) is 0. The Bertz CT molecular complexity index is 181. The number of hydrogen-bond acceptors (Lipinski definition) is 4. The van der Waals surface area contributed by atoms with Crippen LogP contribution in [0.4, 0.5) is 0 Å². The molecule has 90 valence electrons. The van der Waals surface area contributed by atoms with Crippen LogP contribution in [-0.2, 0) is 4.84 Å². The van der Waals surface area contributed by atoms with E-state index in [0.717, 1.165) is 18.8 Å². The Morgan fingerprint density at radius 3 is 2.60 bits per heavy atom. The van der Waals surface area contributed by atoms with Crippen molar-refractivity contribution in [1.82, 2.24) is 5.32 Å². The van der Waals surface area contributed by atoms with Gasteiger partial charge in [0.25, 0.3) is 0 Å². The molecule has 0 aromatic heterocycles. The SMILES string of the molecule is C/C(=N\OCCNC[C@@H](C)CO)C(C)C. The summed E-state index contributed by atoms with van der Waals surface area (Å²) in [6.45, 7) is 10.5. The topological polar surface area (TPSA) is 53.8 Å². The second-order valence-electron chi connectivity index (χ2n) is 4.21. The standard InChI is InChI=1S/C11H24N2O2/c1-9(2)11(4)13-15-6-5-12-7-10(3)8-14/h9-10,12,14H,5-8H2,1-4H3/b13-11+/t10-/m1/s1. The molecule has 0 aliphatic rings. The van der Waals surface area contributed by atoms with E-state index in [0.29, 0.717) is 18.4 Å². The minimum atomic E-state index is 0.221. The van der Waals surface area contributed by atoms with E-state index in [-0.39, 0.29) is 6.61 Å². The largest absolute Gasteiger partial charge is 0.396 e. The van der Waals surface area contributed by atoms with E-state index in [9.17, 15) is 0 Å². The van der Waals surface area contributed by atoms with Gasteiger partial charge >= 0.3 is 0 Å². The molecule has 0 bridgehead atoms. The molecule has 0 spiro atoms. The van der Waals surface area contributed by atoms with Crippen LogP contribution in [0.2, 0.25) is 0 Å². The van der Waals surface area contributed by atoms with Gasteiger partial charge in [-0.1, -0.05) is 25.9 Å². The molecule has 0 aromatic carbocycles. The van der Waals surface area contributed by atoms with Gasteiger partial charge < -0.3 is 15.3 Å². The molecule has 15 heavy (non-hydrogen) atoms. The fourth-order valence-electron chi connectivity index (χ4n) is 0.784. The highest BCUT2D eigenvalue weighted by Crippen LogP contribution is 1.96. The van der Waals surface area contributed by atoms with Gasteiger partial charge in [0.1, 0.15) is 6.61 Å². The molecular weight excluding hydrogens is 192 g/mol. The highest BCUT2D eigenvalue weighted by molar-refractivity contribution is 5.83. The maximum atomic E-state index is 8.78. The molecule has 0 amide bonds. The molecule has 0 saturated carbocycles. The van der Waals surface area contributed by atoms with Crippen LogP contribution in [0.5, 0.6) is 0 Å². The number of nitrogens with zero attached hydrogens (tertiary/aromatic N) is 1. The lowest BCUT2D eigenvalue weighted by Gasteiger charge is -2.09. The minimum absolute atomic E-state index is 0.221. The zero-order valence-electron chi connectivity index (χ0n) is 10.3. The lowest BCUT2D eigenvalue weighted by atomic mass is 10.1. The first-order valence-corrected chi connectivity index (χ1v) is 5.56. The molecule has 0 aliphatic heterocycles. The van der Waals surface area contributed by atoms with Crippen molar-refractivity contribution >= 4 is 5.71 Å². The fraction of sp³-hybridized carbons (Fsp3) is 0.909. The molecule has 4 nitrogen and oxygen atoms in total. The molecular formula is C11H24N2O2. The van der Waals surface area contributed by atoms with Crippen LogP contribution >= 0.6 is 0 Å². The normalized spacial score (nSPS) is 14.4. The number of aliphatic hydroxyl groups excluding tert-OH is 1. The van der Waals surface area contributed by atoms with Gasteiger partial charge in [-0.3, -0.25) is 0 Å². The van der Waals surface area contributed by atoms with E-state index in [2.05, 4.69) is 24.3 Å². The molecule has 0 saturated heterocycles. The van der Waals surface area contributed by atoms with Crippen molar-refractivity contribution in [1.29, 1.82) is 0 Å². The van der Waals surface area contributed by atoms with Crippen molar-refractivity contribution < 1.29 is 9.94 Å². The van der Waals surface area contributed by atoms with E-state index in [1.807, 2.05) is 13.8 Å². The van der Waals surface area contributed by atoms with Crippen molar-refractivity contribution in [3.05, 3.63) is 0 Å². The van der Waals surface area contributed by atoms with E-state index >= 15 is 0 Å². The molecule has 0 aromatic rings. The second-order valence-corrected chi connectivity index (χ2v) is 4.21. The zero-order valence-corrected chi connectivity index (χ0v) is 10.3. The Morgan fingerprint density at radius 2 is 2.07 bits per heavy atom. The summed E-state index contributed by atoms with van der Waals surface area (Å²) >= 11 is 0. The summed E-state index contributed by atoms with van der Waals surface area (Å²) in [6, 6.07) is 0. The van der Waals surface area contributed by atoms with Crippen molar-refractivity contribution in [2.45, 2.75) is 27.7 Å². The van der Waals surface area contributed by atoms with Crippen LogP contribution in [-0.4, -0.2) is 37.1 Å². The average molecular weight is 216 g/mol. The lowest BCUT2D eigenvalue weighted by Crippen LogP contribution is -2.26. The number of nitrogens with one attached hydrogen (secondary N) is 1. The van der Waals surface area contributed by atoms with Crippen molar-refractivity contribution in [3.8, 4) is 0 Å². The highest BCUT2D eigenvalue weighted by atomic mass is 16.6. The summed E-state index contributed by atoms with van der Waals surface area (Å²) in [4.78, 5) is 5.14. The van der Waals surface area contributed by atoms with Gasteiger partial charge in [0.15, 0.2) is 0 Å². The molecule has 0 fully saturated rings. The quantitative estimate of drug-likeness (QED) is 0.365. The summed E-state index contributed by atoms with van der Waals surface area (Å²) < 4.78 is 0. The Kier molecular flexibility index (Phi) is 8.33. The third kappa shape index (κ3) is 8.39. The van der Waals surface area contributed by atoms with Crippen LogP contribution in [0.15, 0.2) is 5.16 Å². The van der Waals surface area contributed by atoms with Crippen LogP contribution in [0, 0.1) is 11.8 Å². The zero-order chi connectivity index (χ0) is 11.7. The summed E-state index contributed by atoms with van der Waals surface area (Å²) in [5.41, 5.74) is 1.01. The number of oxime groups is 1. The van der Waals surface area contributed by atoms with Crippen molar-refractivity contribution in [2.24, 2.45) is 17.0 Å². The third-order valence-electron chi connectivity index (χ3n) is 2.22. The van der Waals surface area contributed by atoms with Crippen molar-refractivity contribution in [3.63, 3.8) is 0 Å². The smallest absolute Gasteiger partial charge is 0.129 e. The number of rotatable bonds is 8. The van der Waals surface area contributed by atoms with Crippen LogP contribution in [0.3, 0.4) is 0 Å². The first kappa shape index (κ1) is 14.4. The minimum Gasteiger partial charge on any atom is -0.396 e. The molecule has 4 heteroatoms.